The Balaban J connectivity index is 2.48. The third-order valence-electron chi connectivity index (χ3n) is 2.00. The number of fused-ring (bicyclic) bond motifs is 1. The molecule has 0 bridgehead atoms. The molecular weight excluding hydrogens is 194 g/mol. The van der Waals surface area contributed by atoms with Crippen LogP contribution in [0.25, 0.3) is 17.1 Å². The van der Waals surface area contributed by atoms with Gasteiger partial charge in [0.25, 0.3) is 5.56 Å². The molecule has 6 nitrogen and oxygen atoms in total. The molecule has 2 aromatic heterocycles. The fourth-order valence-electron chi connectivity index (χ4n) is 1.30. The highest BCUT2D eigenvalue weighted by Gasteiger charge is 2.06. The van der Waals surface area contributed by atoms with Crippen LogP contribution in [0, 0.1) is 0 Å². The zero-order valence-electron chi connectivity index (χ0n) is 8.03. The average Bonchev–Trinajstić information content (AvgIpc) is 2.63. The Morgan fingerprint density at radius 2 is 2.40 bits per heavy atom. The summed E-state index contributed by atoms with van der Waals surface area (Å²) < 4.78 is 0. The number of rotatable bonds is 3. The molecule has 78 valence electrons. The molecule has 0 unspecified atom stereocenters. The minimum Gasteiger partial charge on any atom is -0.330 e. The van der Waals surface area contributed by atoms with Crippen LogP contribution in [-0.4, -0.2) is 26.7 Å². The van der Waals surface area contributed by atoms with Crippen molar-refractivity contribution in [1.29, 1.82) is 0 Å². The van der Waals surface area contributed by atoms with Crippen LogP contribution >= 0.6 is 0 Å². The lowest BCUT2D eigenvalue weighted by atomic mass is 10.2. The molecule has 2 heterocycles. The van der Waals surface area contributed by atoms with Gasteiger partial charge in [0.1, 0.15) is 5.39 Å². The van der Waals surface area contributed by atoms with E-state index in [4.69, 9.17) is 5.73 Å². The minimum atomic E-state index is -0.193. The van der Waals surface area contributed by atoms with Crippen LogP contribution < -0.4 is 11.3 Å². The first-order valence-corrected chi connectivity index (χ1v) is 4.61. The van der Waals surface area contributed by atoms with Crippen molar-refractivity contribution < 1.29 is 0 Å². The Hall–Kier alpha value is -1.95. The van der Waals surface area contributed by atoms with Gasteiger partial charge in [-0.25, -0.2) is 4.98 Å². The van der Waals surface area contributed by atoms with Crippen LogP contribution in [0.4, 0.5) is 0 Å². The molecule has 0 amide bonds. The SMILES string of the molecule is NCCC=Cc1[nH]nc2nc[nH]c(=O)c12. The first-order chi connectivity index (χ1) is 7.33. The number of nitrogens with one attached hydrogen (secondary N) is 2. The molecular formula is C9H11N5O. The summed E-state index contributed by atoms with van der Waals surface area (Å²) in [5.74, 6) is 0. The van der Waals surface area contributed by atoms with Crippen molar-refractivity contribution in [2.24, 2.45) is 5.73 Å². The standard InChI is InChI=1S/C9H11N5O/c10-4-2-1-3-6-7-8(14-13-6)11-5-12-9(7)15/h1,3,5H,2,4,10H2,(H2,11,12,13,14,15). The Morgan fingerprint density at radius 3 is 3.20 bits per heavy atom. The van der Waals surface area contributed by atoms with Crippen molar-refractivity contribution in [2.45, 2.75) is 6.42 Å². The van der Waals surface area contributed by atoms with E-state index in [2.05, 4.69) is 20.2 Å². The number of H-pyrrole nitrogens is 2. The highest BCUT2D eigenvalue weighted by Crippen LogP contribution is 2.09. The first-order valence-electron chi connectivity index (χ1n) is 4.61. The molecule has 0 fully saturated rings. The lowest BCUT2D eigenvalue weighted by molar-refractivity contribution is 1.01. The quantitative estimate of drug-likeness (QED) is 0.656. The maximum absolute atomic E-state index is 11.5. The van der Waals surface area contributed by atoms with E-state index in [0.29, 0.717) is 23.3 Å². The molecule has 0 aliphatic rings. The second kappa shape index (κ2) is 4.05. The molecule has 0 saturated heterocycles. The molecule has 0 aromatic carbocycles. The van der Waals surface area contributed by atoms with Gasteiger partial charge in [0, 0.05) is 0 Å². The van der Waals surface area contributed by atoms with E-state index in [0.717, 1.165) is 6.42 Å². The van der Waals surface area contributed by atoms with Crippen molar-refractivity contribution in [3.8, 4) is 0 Å². The van der Waals surface area contributed by atoms with Gasteiger partial charge < -0.3 is 10.7 Å². The zero-order chi connectivity index (χ0) is 10.7. The second-order valence-corrected chi connectivity index (χ2v) is 3.05. The summed E-state index contributed by atoms with van der Waals surface area (Å²) >= 11 is 0. The van der Waals surface area contributed by atoms with Gasteiger partial charge in [-0.05, 0) is 19.0 Å². The Kier molecular flexibility index (Phi) is 2.59. The van der Waals surface area contributed by atoms with E-state index in [-0.39, 0.29) is 5.56 Å². The average molecular weight is 205 g/mol. The Labute approximate surface area is 85.2 Å². The highest BCUT2D eigenvalue weighted by molar-refractivity contribution is 5.82. The molecule has 0 spiro atoms. The lowest BCUT2D eigenvalue weighted by Crippen LogP contribution is -2.05. The summed E-state index contributed by atoms with van der Waals surface area (Å²) in [5.41, 5.74) is 6.24. The van der Waals surface area contributed by atoms with Gasteiger partial charge in [0.2, 0.25) is 0 Å². The van der Waals surface area contributed by atoms with E-state index < -0.39 is 0 Å². The number of aromatic nitrogens is 4. The predicted octanol–water partition coefficient (Wildman–Crippen LogP) is 0.00820. The molecule has 2 aromatic rings. The van der Waals surface area contributed by atoms with Crippen LogP contribution in [0.15, 0.2) is 17.2 Å². The van der Waals surface area contributed by atoms with Gasteiger partial charge >= 0.3 is 0 Å². The van der Waals surface area contributed by atoms with Crippen molar-refractivity contribution in [3.05, 3.63) is 28.5 Å². The maximum Gasteiger partial charge on any atom is 0.262 e. The predicted molar refractivity (Wildman–Crippen MR) is 57.2 cm³/mol. The fraction of sp³-hybridized carbons (Fsp3) is 0.222. The maximum atomic E-state index is 11.5. The van der Waals surface area contributed by atoms with Gasteiger partial charge in [0.15, 0.2) is 5.65 Å². The molecule has 2 rings (SSSR count). The van der Waals surface area contributed by atoms with Crippen LogP contribution in [0.1, 0.15) is 12.1 Å². The van der Waals surface area contributed by atoms with Gasteiger partial charge in [-0.1, -0.05) is 6.08 Å². The summed E-state index contributed by atoms with van der Waals surface area (Å²) in [5, 5.41) is 7.15. The van der Waals surface area contributed by atoms with Crippen molar-refractivity contribution in [1.82, 2.24) is 20.2 Å². The van der Waals surface area contributed by atoms with E-state index in [9.17, 15) is 4.79 Å². The number of hydrogen-bond acceptors (Lipinski definition) is 4. The Bertz CT molecular complexity index is 539. The lowest BCUT2D eigenvalue weighted by Gasteiger charge is -1.88. The summed E-state index contributed by atoms with van der Waals surface area (Å²) in [6, 6.07) is 0. The fourth-order valence-corrected chi connectivity index (χ4v) is 1.30. The summed E-state index contributed by atoms with van der Waals surface area (Å²) in [6.07, 6.45) is 5.77. The molecule has 0 radical (unpaired) electrons. The number of nitrogens with two attached hydrogens (primary N) is 1. The van der Waals surface area contributed by atoms with Crippen molar-refractivity contribution in [3.63, 3.8) is 0 Å². The highest BCUT2D eigenvalue weighted by atomic mass is 16.1. The number of aromatic amines is 2. The first kappa shape index (κ1) is 9.60. The normalized spacial score (nSPS) is 11.5. The topological polar surface area (TPSA) is 100 Å². The van der Waals surface area contributed by atoms with Gasteiger partial charge in [-0.2, -0.15) is 5.10 Å². The molecule has 15 heavy (non-hydrogen) atoms. The number of nitrogens with zero attached hydrogens (tertiary/aromatic N) is 2. The van der Waals surface area contributed by atoms with Crippen LogP contribution in [0.2, 0.25) is 0 Å². The molecule has 0 atom stereocenters. The summed E-state index contributed by atoms with van der Waals surface area (Å²) in [7, 11) is 0. The smallest absolute Gasteiger partial charge is 0.262 e. The Morgan fingerprint density at radius 1 is 1.53 bits per heavy atom. The van der Waals surface area contributed by atoms with Crippen LogP contribution in [0.3, 0.4) is 0 Å². The molecule has 6 heteroatoms. The third-order valence-corrected chi connectivity index (χ3v) is 2.00. The van der Waals surface area contributed by atoms with Crippen LogP contribution in [-0.2, 0) is 0 Å². The third kappa shape index (κ3) is 1.79. The van der Waals surface area contributed by atoms with E-state index in [1.165, 1.54) is 6.33 Å². The van der Waals surface area contributed by atoms with Gasteiger partial charge in [-0.15, -0.1) is 0 Å². The number of hydrogen-bond donors (Lipinski definition) is 3. The molecule has 0 saturated carbocycles. The molecule has 0 aliphatic carbocycles. The van der Waals surface area contributed by atoms with Crippen molar-refractivity contribution in [2.75, 3.05) is 6.54 Å². The van der Waals surface area contributed by atoms with E-state index in [1.807, 2.05) is 6.08 Å². The van der Waals surface area contributed by atoms with E-state index in [1.54, 1.807) is 6.08 Å². The minimum absolute atomic E-state index is 0.193. The molecule has 0 aliphatic heterocycles. The molecule has 4 N–H and O–H groups in total. The van der Waals surface area contributed by atoms with Crippen LogP contribution in [0.5, 0.6) is 0 Å². The second-order valence-electron chi connectivity index (χ2n) is 3.05. The monoisotopic (exact) mass is 205 g/mol. The van der Waals surface area contributed by atoms with Crippen molar-refractivity contribution >= 4 is 17.1 Å². The van der Waals surface area contributed by atoms with Gasteiger partial charge in [-0.3, -0.25) is 9.89 Å². The largest absolute Gasteiger partial charge is 0.330 e. The summed E-state index contributed by atoms with van der Waals surface area (Å²) in [6.45, 7) is 0.581. The summed E-state index contributed by atoms with van der Waals surface area (Å²) in [4.78, 5) is 17.9. The zero-order valence-corrected chi connectivity index (χ0v) is 8.03. The van der Waals surface area contributed by atoms with E-state index >= 15 is 0 Å². The van der Waals surface area contributed by atoms with Gasteiger partial charge in [0.05, 0.1) is 12.0 Å².